The van der Waals surface area contributed by atoms with E-state index in [2.05, 4.69) is 4.90 Å². The number of nitrogens with two attached hydrogens (primary N) is 1. The average molecular weight is 354 g/mol. The van der Waals surface area contributed by atoms with E-state index >= 15 is 0 Å². The zero-order valence-electron chi connectivity index (χ0n) is 16.5. The molecule has 0 aromatic rings. The number of hydrogen-bond acceptors (Lipinski definition) is 5. The molecule has 6 heteroatoms. The van der Waals surface area contributed by atoms with Crippen molar-refractivity contribution in [2.45, 2.75) is 84.0 Å². The molecule has 25 heavy (non-hydrogen) atoms. The van der Waals surface area contributed by atoms with E-state index in [9.17, 15) is 9.59 Å². The molecule has 0 radical (unpaired) electrons. The molecule has 2 saturated heterocycles. The van der Waals surface area contributed by atoms with Crippen LogP contribution in [0.1, 0.15) is 60.3 Å². The second-order valence-corrected chi connectivity index (χ2v) is 8.78. The van der Waals surface area contributed by atoms with Gasteiger partial charge in [-0.3, -0.25) is 9.69 Å². The summed E-state index contributed by atoms with van der Waals surface area (Å²) >= 11 is 0. The minimum atomic E-state index is -0.573. The lowest BCUT2D eigenvalue weighted by Gasteiger charge is -2.42. The van der Waals surface area contributed by atoms with Crippen LogP contribution in [0.25, 0.3) is 0 Å². The Labute approximate surface area is 152 Å². The van der Waals surface area contributed by atoms with Gasteiger partial charge in [0.1, 0.15) is 5.60 Å². The second-order valence-electron chi connectivity index (χ2n) is 8.78. The minimum Gasteiger partial charge on any atom is -0.444 e. The van der Waals surface area contributed by atoms with Crippen LogP contribution in [0.4, 0.5) is 4.79 Å². The molecule has 0 saturated carbocycles. The Balaban J connectivity index is 2.16. The van der Waals surface area contributed by atoms with Gasteiger partial charge in [0.25, 0.3) is 0 Å². The predicted octanol–water partition coefficient (Wildman–Crippen LogP) is 2.40. The molecule has 2 aliphatic heterocycles. The van der Waals surface area contributed by atoms with Gasteiger partial charge in [-0.05, 0) is 65.5 Å². The maximum absolute atomic E-state index is 13.0. The van der Waals surface area contributed by atoms with Crippen LogP contribution in [0.15, 0.2) is 0 Å². The number of ketones is 1. The van der Waals surface area contributed by atoms with Gasteiger partial charge in [0.05, 0.1) is 12.1 Å². The summed E-state index contributed by atoms with van der Waals surface area (Å²) in [6.07, 6.45) is 3.59. The number of amides is 1. The highest BCUT2D eigenvalue weighted by molar-refractivity contribution is 5.91. The van der Waals surface area contributed by atoms with Crippen molar-refractivity contribution in [1.82, 2.24) is 9.80 Å². The third-order valence-electron chi connectivity index (χ3n) is 5.24. The Bertz CT molecular complexity index is 481. The average Bonchev–Trinajstić information content (AvgIpc) is 3.05. The van der Waals surface area contributed by atoms with Crippen molar-refractivity contribution in [2.24, 2.45) is 11.7 Å². The highest BCUT2D eigenvalue weighted by atomic mass is 16.6. The van der Waals surface area contributed by atoms with Gasteiger partial charge in [0.15, 0.2) is 5.78 Å². The molecule has 0 aromatic heterocycles. The van der Waals surface area contributed by atoms with Crippen molar-refractivity contribution in [2.75, 3.05) is 19.6 Å². The van der Waals surface area contributed by atoms with Gasteiger partial charge < -0.3 is 15.4 Å². The van der Waals surface area contributed by atoms with E-state index in [0.717, 1.165) is 19.5 Å². The van der Waals surface area contributed by atoms with Crippen molar-refractivity contribution in [3.63, 3.8) is 0 Å². The minimum absolute atomic E-state index is 0.0373. The molecule has 2 N–H and O–H groups in total. The summed E-state index contributed by atoms with van der Waals surface area (Å²) in [6.45, 7) is 12.2. The van der Waals surface area contributed by atoms with Crippen LogP contribution in [0.2, 0.25) is 0 Å². The lowest BCUT2D eigenvalue weighted by atomic mass is 9.87. The summed E-state index contributed by atoms with van der Waals surface area (Å²) < 4.78 is 5.54. The van der Waals surface area contributed by atoms with E-state index in [4.69, 9.17) is 10.5 Å². The normalized spacial score (nSPS) is 26.8. The summed E-state index contributed by atoms with van der Waals surface area (Å²) in [5.41, 5.74) is 5.56. The monoisotopic (exact) mass is 353 g/mol. The first-order valence-corrected chi connectivity index (χ1v) is 9.63. The van der Waals surface area contributed by atoms with Crippen molar-refractivity contribution >= 4 is 11.9 Å². The van der Waals surface area contributed by atoms with E-state index in [-0.39, 0.29) is 11.7 Å². The van der Waals surface area contributed by atoms with E-state index in [1.807, 2.05) is 34.6 Å². The first kappa shape index (κ1) is 20.2. The van der Waals surface area contributed by atoms with Crippen LogP contribution in [0, 0.1) is 5.92 Å². The van der Waals surface area contributed by atoms with Crippen LogP contribution < -0.4 is 5.73 Å². The Morgan fingerprint density at radius 1 is 1.12 bits per heavy atom. The smallest absolute Gasteiger partial charge is 0.410 e. The SMILES string of the molecule is CC(C)C(N)C(=O)C1CC(N2CCCC2)CCN1C(=O)OC(C)(C)C. The molecular formula is C19H35N3O3. The molecule has 144 valence electrons. The lowest BCUT2D eigenvalue weighted by molar-refractivity contribution is -0.128. The number of carbonyl (C=O) groups excluding carboxylic acids is 2. The summed E-state index contributed by atoms with van der Waals surface area (Å²) in [6, 6.07) is -0.673. The highest BCUT2D eigenvalue weighted by Crippen LogP contribution is 2.28. The largest absolute Gasteiger partial charge is 0.444 e. The molecule has 0 bridgehead atoms. The number of carbonyl (C=O) groups is 2. The van der Waals surface area contributed by atoms with Crippen molar-refractivity contribution in [3.8, 4) is 0 Å². The first-order chi connectivity index (χ1) is 11.6. The Hall–Kier alpha value is -1.14. The van der Waals surface area contributed by atoms with E-state index in [1.54, 1.807) is 4.90 Å². The van der Waals surface area contributed by atoms with Gasteiger partial charge in [-0.15, -0.1) is 0 Å². The van der Waals surface area contributed by atoms with Crippen LogP contribution in [0.3, 0.4) is 0 Å². The van der Waals surface area contributed by atoms with E-state index in [1.165, 1.54) is 12.8 Å². The molecule has 2 fully saturated rings. The van der Waals surface area contributed by atoms with Crippen molar-refractivity contribution < 1.29 is 14.3 Å². The van der Waals surface area contributed by atoms with E-state index in [0.29, 0.717) is 19.0 Å². The van der Waals surface area contributed by atoms with Gasteiger partial charge in [0, 0.05) is 12.6 Å². The van der Waals surface area contributed by atoms with Gasteiger partial charge in [-0.1, -0.05) is 13.8 Å². The molecule has 3 unspecified atom stereocenters. The molecule has 3 atom stereocenters. The van der Waals surface area contributed by atoms with Crippen LogP contribution >= 0.6 is 0 Å². The summed E-state index contributed by atoms with van der Waals surface area (Å²) in [5.74, 6) is 0.0184. The second kappa shape index (κ2) is 8.04. The number of likely N-dealkylation sites (tertiary alicyclic amines) is 2. The van der Waals surface area contributed by atoms with Gasteiger partial charge in [-0.2, -0.15) is 0 Å². The number of nitrogens with zero attached hydrogens (tertiary/aromatic N) is 2. The van der Waals surface area contributed by atoms with Gasteiger partial charge >= 0.3 is 6.09 Å². The standard InChI is InChI=1S/C19H35N3O3/c1-13(2)16(20)17(23)15-12-14(21-9-6-7-10-21)8-11-22(15)18(24)25-19(3,4)5/h13-16H,6-12,20H2,1-5H3. The summed E-state index contributed by atoms with van der Waals surface area (Å²) in [5, 5.41) is 0. The van der Waals surface area contributed by atoms with Crippen LogP contribution in [-0.2, 0) is 9.53 Å². The fraction of sp³-hybridized carbons (Fsp3) is 0.895. The van der Waals surface area contributed by atoms with Gasteiger partial charge in [-0.25, -0.2) is 4.79 Å². The fourth-order valence-electron chi connectivity index (χ4n) is 3.74. The first-order valence-electron chi connectivity index (χ1n) is 9.63. The van der Waals surface area contributed by atoms with E-state index < -0.39 is 23.8 Å². The maximum atomic E-state index is 13.0. The van der Waals surface area contributed by atoms with Crippen molar-refractivity contribution in [1.29, 1.82) is 0 Å². The number of rotatable bonds is 4. The number of piperidine rings is 1. The molecule has 2 heterocycles. The van der Waals surface area contributed by atoms with Crippen molar-refractivity contribution in [3.05, 3.63) is 0 Å². The summed E-state index contributed by atoms with van der Waals surface area (Å²) in [7, 11) is 0. The molecular weight excluding hydrogens is 318 g/mol. The number of ether oxygens (including phenoxy) is 1. The third-order valence-corrected chi connectivity index (χ3v) is 5.24. The predicted molar refractivity (Wildman–Crippen MR) is 98.4 cm³/mol. The third kappa shape index (κ3) is 5.17. The Morgan fingerprint density at radius 3 is 2.24 bits per heavy atom. The topological polar surface area (TPSA) is 75.9 Å². The molecule has 6 nitrogen and oxygen atoms in total. The quantitative estimate of drug-likeness (QED) is 0.840. The zero-order valence-corrected chi connectivity index (χ0v) is 16.5. The molecule has 2 rings (SSSR count). The van der Waals surface area contributed by atoms with Crippen LogP contribution in [-0.4, -0.2) is 65.0 Å². The Kier molecular flexibility index (Phi) is 6.49. The molecule has 1 amide bonds. The number of Topliss-reactive ketones (excluding diaryl/α,β-unsaturated/α-hetero) is 1. The molecule has 0 aromatic carbocycles. The van der Waals surface area contributed by atoms with Gasteiger partial charge in [0.2, 0.25) is 0 Å². The van der Waals surface area contributed by atoms with Crippen LogP contribution in [0.5, 0.6) is 0 Å². The molecule has 2 aliphatic rings. The maximum Gasteiger partial charge on any atom is 0.410 e. The number of hydrogen-bond donors (Lipinski definition) is 1. The Morgan fingerprint density at radius 2 is 1.72 bits per heavy atom. The fourth-order valence-corrected chi connectivity index (χ4v) is 3.74. The molecule has 0 aliphatic carbocycles. The zero-order chi connectivity index (χ0) is 18.8. The summed E-state index contributed by atoms with van der Waals surface area (Å²) in [4.78, 5) is 29.7. The molecule has 0 spiro atoms. The lowest BCUT2D eigenvalue weighted by Crippen LogP contribution is -2.58. The highest BCUT2D eigenvalue weighted by Gasteiger charge is 2.42.